The highest BCUT2D eigenvalue weighted by Crippen LogP contribution is 2.51. The summed E-state index contributed by atoms with van der Waals surface area (Å²) in [5.74, 6) is -5.92. The summed E-state index contributed by atoms with van der Waals surface area (Å²) in [5, 5.41) is 27.6. The SMILES string of the molecule is C[C@@]1(COC(=O)NNC(=O)c2ccc(O)c(O)c2F)S[C@@H]2CC(=O)N2[C@H]1C(=O)O. The van der Waals surface area contributed by atoms with Gasteiger partial charge in [-0.1, -0.05) is 0 Å². The highest BCUT2D eigenvalue weighted by molar-refractivity contribution is 8.01. The van der Waals surface area contributed by atoms with Crippen molar-refractivity contribution in [2.24, 2.45) is 0 Å². The Balaban J connectivity index is 1.56. The van der Waals surface area contributed by atoms with Gasteiger partial charge in [0.1, 0.15) is 12.6 Å². The Hall–Kier alpha value is -3.22. The number of hydrogen-bond donors (Lipinski definition) is 5. The Morgan fingerprint density at radius 2 is 2.03 bits per heavy atom. The van der Waals surface area contributed by atoms with Crippen LogP contribution in [-0.2, 0) is 14.3 Å². The Morgan fingerprint density at radius 1 is 1.34 bits per heavy atom. The number of β-lactam (4-membered cyclic amide) rings is 1. The average Bonchev–Trinajstić information content (AvgIpc) is 2.90. The highest BCUT2D eigenvalue weighted by atomic mass is 32.2. The second kappa shape index (κ2) is 7.31. The number of aromatic hydroxyl groups is 2. The van der Waals surface area contributed by atoms with Crippen molar-refractivity contribution in [1.82, 2.24) is 15.8 Å². The number of ether oxygens (including phenoxy) is 1. The fraction of sp³-hybridized carbons (Fsp3) is 0.375. The number of fused-ring (bicyclic) bond motifs is 1. The lowest BCUT2D eigenvalue weighted by molar-refractivity contribution is -0.157. The molecule has 2 fully saturated rings. The Bertz CT molecular complexity index is 912. The minimum atomic E-state index is -1.38. The first kappa shape index (κ1) is 20.5. The Morgan fingerprint density at radius 3 is 2.66 bits per heavy atom. The normalized spacial score (nSPS) is 25.0. The number of carboxylic acids is 1. The largest absolute Gasteiger partial charge is 0.504 e. The number of nitrogens with zero attached hydrogens (tertiary/aromatic N) is 1. The zero-order valence-corrected chi connectivity index (χ0v) is 15.7. The minimum Gasteiger partial charge on any atom is -0.504 e. The van der Waals surface area contributed by atoms with Crippen molar-refractivity contribution >= 4 is 35.6 Å². The number of hydrogen-bond acceptors (Lipinski definition) is 8. The summed E-state index contributed by atoms with van der Waals surface area (Å²) in [6.45, 7) is 1.17. The first-order valence-electron chi connectivity index (χ1n) is 8.20. The fourth-order valence-electron chi connectivity index (χ4n) is 3.12. The lowest BCUT2D eigenvalue weighted by Gasteiger charge is -2.36. The van der Waals surface area contributed by atoms with Crippen molar-refractivity contribution in [2.75, 3.05) is 6.61 Å². The first-order chi connectivity index (χ1) is 13.5. The lowest BCUT2D eigenvalue weighted by Crippen LogP contribution is -2.58. The third-order valence-corrected chi connectivity index (χ3v) is 6.10. The van der Waals surface area contributed by atoms with Crippen LogP contribution >= 0.6 is 11.8 Å². The van der Waals surface area contributed by atoms with Gasteiger partial charge in [-0.2, -0.15) is 0 Å². The molecular weight excluding hydrogens is 413 g/mol. The number of phenols is 2. The maximum atomic E-state index is 13.8. The van der Waals surface area contributed by atoms with Crippen LogP contribution < -0.4 is 10.9 Å². The smallest absolute Gasteiger partial charge is 0.426 e. The molecule has 2 heterocycles. The molecule has 0 bridgehead atoms. The molecule has 0 spiro atoms. The molecular formula is C16H16FN3O8S. The van der Waals surface area contributed by atoms with Gasteiger partial charge in [-0.15, -0.1) is 11.8 Å². The van der Waals surface area contributed by atoms with Gasteiger partial charge in [-0.25, -0.2) is 19.4 Å². The van der Waals surface area contributed by atoms with E-state index in [2.05, 4.69) is 0 Å². The minimum absolute atomic E-state index is 0.206. The van der Waals surface area contributed by atoms with Gasteiger partial charge in [0.25, 0.3) is 5.91 Å². The van der Waals surface area contributed by atoms with E-state index < -0.39 is 51.6 Å². The summed E-state index contributed by atoms with van der Waals surface area (Å²) >= 11 is 1.20. The van der Waals surface area contributed by atoms with E-state index in [4.69, 9.17) is 9.84 Å². The Labute approximate surface area is 166 Å². The molecule has 3 amide bonds. The average molecular weight is 429 g/mol. The topological polar surface area (TPSA) is 166 Å². The van der Waals surface area contributed by atoms with Crippen LogP contribution in [0.3, 0.4) is 0 Å². The molecule has 3 atom stereocenters. The number of carbonyl (C=O) groups is 4. The van der Waals surface area contributed by atoms with E-state index in [0.29, 0.717) is 0 Å². The zero-order chi connectivity index (χ0) is 21.5. The van der Waals surface area contributed by atoms with Crippen LogP contribution in [0, 0.1) is 5.82 Å². The maximum Gasteiger partial charge on any atom is 0.426 e. The van der Waals surface area contributed by atoms with Gasteiger partial charge in [-0.3, -0.25) is 15.0 Å². The number of rotatable bonds is 4. The van der Waals surface area contributed by atoms with Crippen LogP contribution in [0.4, 0.5) is 9.18 Å². The maximum absolute atomic E-state index is 13.8. The summed E-state index contributed by atoms with van der Waals surface area (Å²) in [6, 6.07) is 0.609. The number of phenolic OH excluding ortho intramolecular Hbond substituents is 2. The number of thioether (sulfide) groups is 1. The van der Waals surface area contributed by atoms with Crippen molar-refractivity contribution in [1.29, 1.82) is 0 Å². The number of nitrogens with one attached hydrogen (secondary N) is 2. The van der Waals surface area contributed by atoms with Gasteiger partial charge in [0.2, 0.25) is 5.91 Å². The molecule has 2 saturated heterocycles. The Kier molecular flexibility index (Phi) is 5.17. The van der Waals surface area contributed by atoms with E-state index >= 15 is 0 Å². The molecule has 0 radical (unpaired) electrons. The fourth-order valence-corrected chi connectivity index (χ4v) is 4.79. The molecule has 1 aromatic carbocycles. The molecule has 0 unspecified atom stereocenters. The zero-order valence-electron chi connectivity index (χ0n) is 14.8. The number of halogens is 1. The first-order valence-corrected chi connectivity index (χ1v) is 9.08. The predicted molar refractivity (Wildman–Crippen MR) is 94.4 cm³/mol. The van der Waals surface area contributed by atoms with Gasteiger partial charge in [0.05, 0.1) is 22.1 Å². The lowest BCUT2D eigenvalue weighted by atomic mass is 9.97. The van der Waals surface area contributed by atoms with Crippen molar-refractivity contribution in [2.45, 2.75) is 29.5 Å². The van der Waals surface area contributed by atoms with E-state index in [0.717, 1.165) is 12.1 Å². The number of amides is 3. The molecule has 0 aromatic heterocycles. The molecule has 0 saturated carbocycles. The van der Waals surface area contributed by atoms with Crippen LogP contribution in [0.25, 0.3) is 0 Å². The molecule has 13 heteroatoms. The summed E-state index contributed by atoms with van der Waals surface area (Å²) in [5.41, 5.74) is 3.08. The van der Waals surface area contributed by atoms with Gasteiger partial charge in [-0.05, 0) is 19.1 Å². The van der Waals surface area contributed by atoms with E-state index in [1.807, 2.05) is 10.9 Å². The molecule has 11 nitrogen and oxygen atoms in total. The molecule has 5 N–H and O–H groups in total. The van der Waals surface area contributed by atoms with Crippen LogP contribution in [0.1, 0.15) is 23.7 Å². The standard InChI is InChI=1S/C16H16FN3O8S/c1-16(12(14(25)26)20-8(22)4-9(20)29-16)5-28-15(27)19-18-13(24)6-2-3-7(21)11(23)10(6)17/h2-3,9,12,21,23H,4-5H2,1H3,(H,18,24)(H,19,27)(H,25,26)/t9-,12+,16+/m1/s1. The molecule has 2 aliphatic rings. The molecule has 0 aliphatic carbocycles. The molecule has 156 valence electrons. The number of carboxylic acid groups (broad SMARTS) is 1. The number of aliphatic carboxylic acids is 1. The van der Waals surface area contributed by atoms with E-state index in [1.165, 1.54) is 16.7 Å². The summed E-state index contributed by atoms with van der Waals surface area (Å²) in [4.78, 5) is 48.2. The highest BCUT2D eigenvalue weighted by Gasteiger charge is 2.61. The third kappa shape index (κ3) is 3.60. The summed E-state index contributed by atoms with van der Waals surface area (Å²) in [6.07, 6.45) is -0.939. The molecule has 29 heavy (non-hydrogen) atoms. The van der Waals surface area contributed by atoms with Crippen LogP contribution in [0.5, 0.6) is 11.5 Å². The second-order valence-electron chi connectivity index (χ2n) is 6.58. The van der Waals surface area contributed by atoms with Gasteiger partial charge in [0.15, 0.2) is 17.3 Å². The molecule has 2 aliphatic heterocycles. The number of hydrazine groups is 1. The van der Waals surface area contributed by atoms with Crippen molar-refractivity contribution in [3.63, 3.8) is 0 Å². The van der Waals surface area contributed by atoms with Crippen LogP contribution in [0.2, 0.25) is 0 Å². The summed E-state index contributed by atoms with van der Waals surface area (Å²) < 4.78 is 17.6. The molecule has 3 rings (SSSR count). The molecule has 1 aromatic rings. The quantitative estimate of drug-likeness (QED) is 0.254. The summed E-state index contributed by atoms with van der Waals surface area (Å²) in [7, 11) is 0. The number of carbonyl (C=O) groups excluding carboxylic acids is 3. The van der Waals surface area contributed by atoms with Crippen LogP contribution in [-0.4, -0.2) is 66.9 Å². The van der Waals surface area contributed by atoms with Crippen LogP contribution in [0.15, 0.2) is 12.1 Å². The third-order valence-electron chi connectivity index (χ3n) is 4.55. The van der Waals surface area contributed by atoms with Crippen molar-refractivity contribution in [3.8, 4) is 11.5 Å². The predicted octanol–water partition coefficient (Wildman–Crippen LogP) is 0.125. The van der Waals surface area contributed by atoms with Crippen molar-refractivity contribution in [3.05, 3.63) is 23.5 Å². The van der Waals surface area contributed by atoms with Gasteiger partial charge >= 0.3 is 12.1 Å². The number of benzene rings is 1. The van der Waals surface area contributed by atoms with Gasteiger partial charge < -0.3 is 25.0 Å². The van der Waals surface area contributed by atoms with E-state index in [-0.39, 0.29) is 24.3 Å². The monoisotopic (exact) mass is 429 g/mol. The van der Waals surface area contributed by atoms with E-state index in [9.17, 15) is 33.8 Å². The van der Waals surface area contributed by atoms with Crippen molar-refractivity contribution < 1.29 is 43.6 Å². The van der Waals surface area contributed by atoms with Gasteiger partial charge in [0, 0.05) is 0 Å². The van der Waals surface area contributed by atoms with E-state index in [1.54, 1.807) is 6.92 Å². The second-order valence-corrected chi connectivity index (χ2v) is 8.29.